The predicted octanol–water partition coefficient (Wildman–Crippen LogP) is 1.97. The van der Waals surface area contributed by atoms with E-state index < -0.39 is 0 Å². The van der Waals surface area contributed by atoms with Gasteiger partial charge in [0.2, 0.25) is 0 Å². The first-order valence-corrected chi connectivity index (χ1v) is 2.91. The van der Waals surface area contributed by atoms with E-state index in [1.165, 1.54) is 6.42 Å². The summed E-state index contributed by atoms with van der Waals surface area (Å²) in [5.41, 5.74) is 0. The maximum absolute atomic E-state index is 10.5. The number of ketones is 1. The number of rotatable bonds is 0. The molecule has 1 aliphatic rings. The van der Waals surface area contributed by atoms with Crippen molar-refractivity contribution in [2.75, 3.05) is 0 Å². The number of Topliss-reactive ketones (excluding diaryl/α,β-unsaturated/α-hetero) is 1. The van der Waals surface area contributed by atoms with Crippen molar-refractivity contribution in [3.63, 3.8) is 0 Å². The van der Waals surface area contributed by atoms with Gasteiger partial charge < -0.3 is 0 Å². The van der Waals surface area contributed by atoms with Crippen LogP contribution in [-0.4, -0.2) is 5.78 Å². The van der Waals surface area contributed by atoms with Gasteiger partial charge in [0, 0.05) is 12.8 Å². The van der Waals surface area contributed by atoms with Crippen molar-refractivity contribution in [2.45, 2.75) is 32.1 Å². The van der Waals surface area contributed by atoms with Crippen LogP contribution in [0, 0.1) is 7.43 Å². The molecule has 47 valence electrons. The monoisotopic (exact) mass is 113 g/mol. The molecule has 1 aliphatic carbocycles. The zero-order valence-electron chi connectivity index (χ0n) is 5.44. The Hall–Kier alpha value is -0.330. The molecule has 0 saturated heterocycles. The first-order chi connectivity index (χ1) is 3.39. The van der Waals surface area contributed by atoms with Gasteiger partial charge in [0.05, 0.1) is 0 Å². The molecule has 1 radical (unpaired) electrons. The lowest BCUT2D eigenvalue weighted by atomic mass is 10.00. The fourth-order valence-corrected chi connectivity index (χ4v) is 0.946. The van der Waals surface area contributed by atoms with Crippen molar-refractivity contribution >= 4 is 5.78 Å². The summed E-state index contributed by atoms with van der Waals surface area (Å²) >= 11 is 0. The highest BCUT2D eigenvalue weighted by molar-refractivity contribution is 5.78. The van der Waals surface area contributed by atoms with E-state index in [2.05, 4.69) is 0 Å². The zero-order valence-corrected chi connectivity index (χ0v) is 5.44. The molecule has 0 aromatic heterocycles. The summed E-state index contributed by atoms with van der Waals surface area (Å²) in [5.74, 6) is 0.464. The molecule has 0 amide bonds. The van der Waals surface area contributed by atoms with Crippen molar-refractivity contribution in [2.24, 2.45) is 0 Å². The van der Waals surface area contributed by atoms with Crippen LogP contribution in [0.1, 0.15) is 32.1 Å². The summed E-state index contributed by atoms with van der Waals surface area (Å²) < 4.78 is 0. The second-order valence-electron chi connectivity index (χ2n) is 2.10. The largest absolute Gasteiger partial charge is 0.300 e. The first kappa shape index (κ1) is 7.67. The summed E-state index contributed by atoms with van der Waals surface area (Å²) in [6.45, 7) is 0. The first-order valence-electron chi connectivity index (χ1n) is 2.91. The van der Waals surface area contributed by atoms with Gasteiger partial charge in [0.15, 0.2) is 0 Å². The van der Waals surface area contributed by atoms with Crippen LogP contribution in [0.5, 0.6) is 0 Å². The van der Waals surface area contributed by atoms with Crippen molar-refractivity contribution in [1.29, 1.82) is 0 Å². The highest BCUT2D eigenvalue weighted by atomic mass is 16.1. The quantitative estimate of drug-likeness (QED) is 0.469. The molecule has 1 nitrogen and oxygen atoms in total. The van der Waals surface area contributed by atoms with E-state index >= 15 is 0 Å². The smallest absolute Gasteiger partial charge is 0.132 e. The predicted molar refractivity (Wildman–Crippen MR) is 34.5 cm³/mol. The Morgan fingerprint density at radius 2 is 1.50 bits per heavy atom. The Kier molecular flexibility index (Phi) is 3.49. The molecule has 0 aromatic rings. The topological polar surface area (TPSA) is 17.1 Å². The summed E-state index contributed by atoms with van der Waals surface area (Å²) in [4.78, 5) is 10.5. The summed E-state index contributed by atoms with van der Waals surface area (Å²) in [6, 6.07) is 0. The number of carbonyl (C=O) groups is 1. The molecule has 0 atom stereocenters. The zero-order chi connectivity index (χ0) is 5.11. The fraction of sp³-hybridized carbons (Fsp3) is 0.714. The van der Waals surface area contributed by atoms with Crippen LogP contribution in [0.25, 0.3) is 0 Å². The molecule has 1 fully saturated rings. The van der Waals surface area contributed by atoms with Gasteiger partial charge in [-0.25, -0.2) is 0 Å². The van der Waals surface area contributed by atoms with E-state index in [9.17, 15) is 4.79 Å². The van der Waals surface area contributed by atoms with Crippen LogP contribution < -0.4 is 0 Å². The summed E-state index contributed by atoms with van der Waals surface area (Å²) in [7, 11) is 0. The van der Waals surface area contributed by atoms with E-state index in [0.717, 1.165) is 25.7 Å². The van der Waals surface area contributed by atoms with E-state index in [0.29, 0.717) is 5.78 Å². The summed E-state index contributed by atoms with van der Waals surface area (Å²) in [5, 5.41) is 0. The molecule has 1 heteroatoms. The minimum absolute atomic E-state index is 0. The summed E-state index contributed by atoms with van der Waals surface area (Å²) in [6.07, 6.45) is 5.24. The molecular weight excluding hydrogens is 100 g/mol. The fourth-order valence-electron chi connectivity index (χ4n) is 0.946. The normalized spacial score (nSPS) is 19.8. The van der Waals surface area contributed by atoms with Crippen LogP contribution in [0.2, 0.25) is 0 Å². The highest BCUT2D eigenvalue weighted by Gasteiger charge is 2.05. The van der Waals surface area contributed by atoms with Crippen molar-refractivity contribution < 1.29 is 4.79 Å². The average molecular weight is 113 g/mol. The van der Waals surface area contributed by atoms with Gasteiger partial charge in [0.1, 0.15) is 5.78 Å². The Morgan fingerprint density at radius 3 is 1.75 bits per heavy atom. The van der Waals surface area contributed by atoms with E-state index in [-0.39, 0.29) is 7.43 Å². The van der Waals surface area contributed by atoms with Gasteiger partial charge in [-0.3, -0.25) is 4.79 Å². The average Bonchev–Trinajstić information content (AvgIpc) is 1.69. The molecule has 0 bridgehead atoms. The van der Waals surface area contributed by atoms with E-state index in [1.54, 1.807) is 0 Å². The van der Waals surface area contributed by atoms with Crippen LogP contribution in [0.15, 0.2) is 0 Å². The molecular formula is C7H13O. The third-order valence-electron chi connectivity index (χ3n) is 1.41. The van der Waals surface area contributed by atoms with Gasteiger partial charge >= 0.3 is 0 Å². The van der Waals surface area contributed by atoms with Gasteiger partial charge in [-0.15, -0.1) is 0 Å². The van der Waals surface area contributed by atoms with Gasteiger partial charge in [-0.2, -0.15) is 0 Å². The highest BCUT2D eigenvalue weighted by Crippen LogP contribution is 2.12. The van der Waals surface area contributed by atoms with Crippen LogP contribution in [-0.2, 0) is 4.79 Å². The number of carbonyl (C=O) groups excluding carboxylic acids is 1. The van der Waals surface area contributed by atoms with Crippen LogP contribution in [0.4, 0.5) is 0 Å². The maximum Gasteiger partial charge on any atom is 0.132 e. The minimum Gasteiger partial charge on any atom is -0.300 e. The molecule has 0 unspecified atom stereocenters. The SMILES string of the molecule is O=C1CCCCC1.[CH3]. The van der Waals surface area contributed by atoms with Gasteiger partial charge in [-0.05, 0) is 12.8 Å². The van der Waals surface area contributed by atoms with Crippen LogP contribution in [0.3, 0.4) is 0 Å². The van der Waals surface area contributed by atoms with Gasteiger partial charge in [0.25, 0.3) is 0 Å². The third kappa shape index (κ3) is 2.10. The molecule has 1 saturated carbocycles. The van der Waals surface area contributed by atoms with Gasteiger partial charge in [-0.1, -0.05) is 13.8 Å². The molecule has 0 N–H and O–H groups in total. The molecule has 0 aromatic carbocycles. The van der Waals surface area contributed by atoms with E-state index in [1.807, 2.05) is 0 Å². The lowest BCUT2D eigenvalue weighted by Crippen LogP contribution is -2.02. The molecule has 0 heterocycles. The Balaban J connectivity index is 0.000000490. The van der Waals surface area contributed by atoms with Crippen molar-refractivity contribution in [3.8, 4) is 0 Å². The Labute approximate surface area is 51.1 Å². The third-order valence-corrected chi connectivity index (χ3v) is 1.41. The van der Waals surface area contributed by atoms with Crippen LogP contribution >= 0.6 is 0 Å². The van der Waals surface area contributed by atoms with E-state index in [4.69, 9.17) is 0 Å². The Morgan fingerprint density at radius 1 is 1.00 bits per heavy atom. The lowest BCUT2D eigenvalue weighted by molar-refractivity contribution is -0.120. The van der Waals surface area contributed by atoms with Crippen molar-refractivity contribution in [1.82, 2.24) is 0 Å². The Bertz CT molecular complexity index is 68.5. The number of hydrogen-bond donors (Lipinski definition) is 0. The number of hydrogen-bond acceptors (Lipinski definition) is 1. The molecule has 0 aliphatic heterocycles. The minimum atomic E-state index is 0. The maximum atomic E-state index is 10.5. The molecule has 1 rings (SSSR count). The van der Waals surface area contributed by atoms with Crippen molar-refractivity contribution in [3.05, 3.63) is 7.43 Å². The second kappa shape index (κ2) is 3.65. The standard InChI is InChI=1S/C6H10O.CH3/c7-6-4-2-1-3-5-6;/h1-5H2;1H3. The second-order valence-corrected chi connectivity index (χ2v) is 2.10. The lowest BCUT2D eigenvalue weighted by Gasteiger charge is -2.05. The molecule has 8 heavy (non-hydrogen) atoms. The molecule has 0 spiro atoms.